The van der Waals surface area contributed by atoms with Gasteiger partial charge in [-0.15, -0.1) is 0 Å². The molecule has 196 valence electrons. The van der Waals surface area contributed by atoms with Gasteiger partial charge in [0.2, 0.25) is 0 Å². The van der Waals surface area contributed by atoms with Crippen LogP contribution < -0.4 is 20.4 Å². The molecule has 0 aliphatic carbocycles. The Balaban J connectivity index is 1.19. The third-order valence-electron chi connectivity index (χ3n) is 7.72. The Hall–Kier alpha value is -4.00. The summed E-state index contributed by atoms with van der Waals surface area (Å²) in [6, 6.07) is 19.7. The first-order chi connectivity index (χ1) is 18.8. The van der Waals surface area contributed by atoms with Crippen molar-refractivity contribution in [3.8, 4) is 0 Å². The molecule has 1 atom stereocenters. The molecular weight excluding hydrogens is 470 g/mol. The highest BCUT2D eigenvalue weighted by atomic mass is 15.2. The van der Waals surface area contributed by atoms with E-state index in [1.165, 1.54) is 30.5 Å². The summed E-state index contributed by atoms with van der Waals surface area (Å²) in [4.78, 5) is 17.1. The van der Waals surface area contributed by atoms with E-state index in [0.717, 1.165) is 73.1 Å². The van der Waals surface area contributed by atoms with Gasteiger partial charge < -0.3 is 25.4 Å². The molecule has 1 unspecified atom stereocenters. The number of rotatable bonds is 8. The van der Waals surface area contributed by atoms with Crippen LogP contribution in [-0.4, -0.2) is 41.1 Å². The molecule has 0 bridgehead atoms. The first-order valence-electron chi connectivity index (χ1n) is 14.0. The van der Waals surface area contributed by atoms with Crippen molar-refractivity contribution >= 4 is 33.9 Å². The van der Waals surface area contributed by atoms with Gasteiger partial charge in [-0.3, -0.25) is 0 Å². The second kappa shape index (κ2) is 11.2. The summed E-state index contributed by atoms with van der Waals surface area (Å²) in [5.41, 5.74) is 5.82. The maximum Gasteiger partial charge on any atom is 0.142 e. The zero-order valence-electron chi connectivity index (χ0n) is 22.2. The lowest BCUT2D eigenvalue weighted by atomic mass is 9.90. The number of nitrogens with one attached hydrogen (secondary N) is 3. The number of hydrogen-bond donors (Lipinski definition) is 3. The summed E-state index contributed by atoms with van der Waals surface area (Å²) in [5.74, 6) is 2.51. The molecule has 2 aliphatic rings. The van der Waals surface area contributed by atoms with Gasteiger partial charge in [0.25, 0.3) is 0 Å². The highest BCUT2D eigenvalue weighted by Gasteiger charge is 2.24. The summed E-state index contributed by atoms with van der Waals surface area (Å²) < 4.78 is 0. The SMILES string of the molecule is CC/C=C(\Nc1cccc(C2CCCN(c3ncnc4[nH]ccc34)C2)c1)Nc1ccccc1N1CCCC1. The lowest BCUT2D eigenvalue weighted by Crippen LogP contribution is -2.35. The topological polar surface area (TPSA) is 72.1 Å². The molecule has 4 heterocycles. The maximum absolute atomic E-state index is 4.65. The smallest absolute Gasteiger partial charge is 0.142 e. The Morgan fingerprint density at radius 1 is 0.974 bits per heavy atom. The van der Waals surface area contributed by atoms with Crippen LogP contribution in [0, 0.1) is 0 Å². The summed E-state index contributed by atoms with van der Waals surface area (Å²) in [6.45, 7) is 6.42. The normalized spacial score (nSPS) is 18.2. The van der Waals surface area contributed by atoms with E-state index in [0.29, 0.717) is 5.92 Å². The van der Waals surface area contributed by atoms with Crippen molar-refractivity contribution in [3.05, 3.63) is 84.6 Å². The van der Waals surface area contributed by atoms with Gasteiger partial charge in [0.05, 0.1) is 16.8 Å². The minimum absolute atomic E-state index is 0.455. The number of H-pyrrole nitrogens is 1. The van der Waals surface area contributed by atoms with Crippen molar-refractivity contribution in [2.75, 3.05) is 46.6 Å². The molecule has 7 heteroatoms. The van der Waals surface area contributed by atoms with Crippen LogP contribution in [0.3, 0.4) is 0 Å². The number of aromatic amines is 1. The summed E-state index contributed by atoms with van der Waals surface area (Å²) >= 11 is 0. The minimum atomic E-state index is 0.455. The van der Waals surface area contributed by atoms with E-state index in [4.69, 9.17) is 0 Å². The third-order valence-corrected chi connectivity index (χ3v) is 7.72. The number of hydrogen-bond acceptors (Lipinski definition) is 6. The molecule has 0 amide bonds. The van der Waals surface area contributed by atoms with Crippen LogP contribution >= 0.6 is 0 Å². The van der Waals surface area contributed by atoms with Gasteiger partial charge >= 0.3 is 0 Å². The first kappa shape index (κ1) is 24.3. The van der Waals surface area contributed by atoms with Gasteiger partial charge in [-0.1, -0.05) is 31.2 Å². The van der Waals surface area contributed by atoms with Gasteiger partial charge in [-0.25, -0.2) is 9.97 Å². The van der Waals surface area contributed by atoms with Crippen LogP contribution in [0.25, 0.3) is 11.0 Å². The minimum Gasteiger partial charge on any atom is -0.370 e. The van der Waals surface area contributed by atoms with Crippen molar-refractivity contribution in [2.45, 2.75) is 44.9 Å². The fourth-order valence-corrected chi connectivity index (χ4v) is 5.87. The highest BCUT2D eigenvalue weighted by Crippen LogP contribution is 2.34. The average molecular weight is 508 g/mol. The molecule has 0 spiro atoms. The molecule has 3 N–H and O–H groups in total. The fraction of sp³-hybridized carbons (Fsp3) is 0.355. The number of para-hydroxylation sites is 2. The van der Waals surface area contributed by atoms with Crippen LogP contribution in [0.4, 0.5) is 22.9 Å². The zero-order valence-corrected chi connectivity index (χ0v) is 22.2. The molecule has 2 saturated heterocycles. The highest BCUT2D eigenvalue weighted by molar-refractivity contribution is 5.87. The molecule has 0 saturated carbocycles. The fourth-order valence-electron chi connectivity index (χ4n) is 5.87. The Bertz CT molecular complexity index is 1400. The van der Waals surface area contributed by atoms with E-state index in [2.05, 4.69) is 103 Å². The largest absolute Gasteiger partial charge is 0.370 e. The van der Waals surface area contributed by atoms with E-state index >= 15 is 0 Å². The molecular formula is C31H37N7. The lowest BCUT2D eigenvalue weighted by molar-refractivity contribution is 0.508. The van der Waals surface area contributed by atoms with E-state index in [9.17, 15) is 0 Å². The van der Waals surface area contributed by atoms with Crippen LogP contribution in [0.5, 0.6) is 0 Å². The van der Waals surface area contributed by atoms with Crippen molar-refractivity contribution in [2.24, 2.45) is 0 Å². The van der Waals surface area contributed by atoms with Crippen molar-refractivity contribution in [1.82, 2.24) is 15.0 Å². The Labute approximate surface area is 225 Å². The monoisotopic (exact) mass is 507 g/mol. The molecule has 4 aromatic rings. The van der Waals surface area contributed by atoms with Crippen LogP contribution in [-0.2, 0) is 0 Å². The predicted molar refractivity (Wildman–Crippen MR) is 158 cm³/mol. The van der Waals surface area contributed by atoms with Crippen molar-refractivity contribution in [1.29, 1.82) is 0 Å². The Kier molecular flexibility index (Phi) is 7.16. The van der Waals surface area contributed by atoms with Gasteiger partial charge in [-0.2, -0.15) is 0 Å². The average Bonchev–Trinajstić information content (AvgIpc) is 3.66. The van der Waals surface area contributed by atoms with E-state index in [1.807, 2.05) is 6.20 Å². The molecule has 2 aliphatic heterocycles. The number of allylic oxidation sites excluding steroid dienone is 1. The number of nitrogens with zero attached hydrogens (tertiary/aromatic N) is 4. The molecule has 38 heavy (non-hydrogen) atoms. The van der Waals surface area contributed by atoms with E-state index < -0.39 is 0 Å². The second-order valence-corrected chi connectivity index (χ2v) is 10.3. The lowest BCUT2D eigenvalue weighted by Gasteiger charge is -2.34. The van der Waals surface area contributed by atoms with E-state index in [-0.39, 0.29) is 0 Å². The maximum atomic E-state index is 4.65. The van der Waals surface area contributed by atoms with Gasteiger partial charge in [0.1, 0.15) is 23.6 Å². The quantitative estimate of drug-likeness (QED) is 0.246. The van der Waals surface area contributed by atoms with Gasteiger partial charge in [-0.05, 0) is 74.1 Å². The number of anilines is 4. The summed E-state index contributed by atoms with van der Waals surface area (Å²) in [5, 5.41) is 8.48. The standard InChI is InChI=1S/C31H37N7/c1-2-9-29(36-27-13-3-4-14-28(27)37-17-5-6-18-37)35-25-12-7-10-23(20-25)24-11-8-19-38(21-24)31-26-15-16-32-30(26)33-22-34-31/h3-4,7,9-10,12-16,20,22,24,35-36H,2,5-6,8,11,17-19,21H2,1H3,(H,32,33,34)/b29-9+. The molecule has 0 radical (unpaired) electrons. The molecule has 2 aromatic heterocycles. The Morgan fingerprint density at radius 2 is 1.84 bits per heavy atom. The van der Waals surface area contributed by atoms with Crippen LogP contribution in [0.1, 0.15) is 50.5 Å². The van der Waals surface area contributed by atoms with Crippen LogP contribution in [0.15, 0.2) is 79.0 Å². The van der Waals surface area contributed by atoms with Crippen LogP contribution in [0.2, 0.25) is 0 Å². The summed E-state index contributed by atoms with van der Waals surface area (Å²) in [7, 11) is 0. The number of aromatic nitrogens is 3. The second-order valence-electron chi connectivity index (χ2n) is 10.3. The molecule has 2 fully saturated rings. The number of piperidine rings is 1. The van der Waals surface area contributed by atoms with Crippen molar-refractivity contribution < 1.29 is 0 Å². The predicted octanol–water partition coefficient (Wildman–Crippen LogP) is 6.72. The Morgan fingerprint density at radius 3 is 2.74 bits per heavy atom. The molecule has 6 rings (SSSR count). The van der Waals surface area contributed by atoms with E-state index in [1.54, 1.807) is 6.33 Å². The number of fused-ring (bicyclic) bond motifs is 1. The first-order valence-corrected chi connectivity index (χ1v) is 14.0. The number of benzene rings is 2. The van der Waals surface area contributed by atoms with Gasteiger partial charge in [0.15, 0.2) is 0 Å². The van der Waals surface area contributed by atoms with Crippen molar-refractivity contribution in [3.63, 3.8) is 0 Å². The zero-order chi connectivity index (χ0) is 25.7. The van der Waals surface area contributed by atoms with Gasteiger partial charge in [0, 0.05) is 44.0 Å². The molecule has 7 nitrogen and oxygen atoms in total. The summed E-state index contributed by atoms with van der Waals surface area (Å²) in [6.07, 6.45) is 11.6. The third kappa shape index (κ3) is 5.19. The molecule has 2 aromatic carbocycles.